The van der Waals surface area contributed by atoms with Crippen molar-refractivity contribution in [1.29, 1.82) is 0 Å². The Kier molecular flexibility index (Phi) is 3.76. The molecular weight excluding hydrogens is 260 g/mol. The summed E-state index contributed by atoms with van der Waals surface area (Å²) in [5.74, 6) is 0. The first-order valence-corrected chi connectivity index (χ1v) is 7.30. The Hall–Kier alpha value is -2.13. The molecule has 0 fully saturated rings. The summed E-state index contributed by atoms with van der Waals surface area (Å²) >= 11 is 0. The van der Waals surface area contributed by atoms with Crippen LogP contribution in [0.3, 0.4) is 0 Å². The van der Waals surface area contributed by atoms with Crippen molar-refractivity contribution in [2.24, 2.45) is 0 Å². The third kappa shape index (κ3) is 2.69. The molecule has 0 unspecified atom stereocenters. The minimum atomic E-state index is 0.199. The topological polar surface area (TPSA) is 34.2 Å². The SMILES string of the molecule is CNc1ccc2cc3ccccc3nc2c1COC(C)C. The highest BCUT2D eigenvalue weighted by Crippen LogP contribution is 2.28. The maximum atomic E-state index is 5.81. The van der Waals surface area contributed by atoms with Gasteiger partial charge in [-0.05, 0) is 32.0 Å². The summed E-state index contributed by atoms with van der Waals surface area (Å²) in [6, 6.07) is 14.6. The molecule has 3 rings (SSSR count). The van der Waals surface area contributed by atoms with E-state index in [2.05, 4.69) is 29.6 Å². The summed E-state index contributed by atoms with van der Waals surface area (Å²) in [6.45, 7) is 4.66. The van der Waals surface area contributed by atoms with Crippen molar-refractivity contribution >= 4 is 27.5 Å². The van der Waals surface area contributed by atoms with Gasteiger partial charge in [-0.25, -0.2) is 4.98 Å². The van der Waals surface area contributed by atoms with E-state index in [-0.39, 0.29) is 6.10 Å². The number of rotatable bonds is 4. The van der Waals surface area contributed by atoms with Gasteiger partial charge in [0.1, 0.15) is 0 Å². The maximum Gasteiger partial charge on any atom is 0.0785 e. The molecule has 3 nitrogen and oxygen atoms in total. The number of nitrogens with one attached hydrogen (secondary N) is 1. The van der Waals surface area contributed by atoms with Crippen LogP contribution in [0.4, 0.5) is 5.69 Å². The summed E-state index contributed by atoms with van der Waals surface area (Å²) in [4.78, 5) is 4.84. The van der Waals surface area contributed by atoms with Crippen LogP contribution in [0, 0.1) is 0 Å². The number of aromatic nitrogens is 1. The number of pyridine rings is 1. The summed E-state index contributed by atoms with van der Waals surface area (Å²) in [5, 5.41) is 5.55. The Labute approximate surface area is 125 Å². The largest absolute Gasteiger partial charge is 0.388 e. The number of ether oxygens (including phenoxy) is 1. The molecule has 0 spiro atoms. The van der Waals surface area contributed by atoms with Crippen molar-refractivity contribution in [2.75, 3.05) is 12.4 Å². The fourth-order valence-corrected chi connectivity index (χ4v) is 2.53. The van der Waals surface area contributed by atoms with Crippen molar-refractivity contribution in [1.82, 2.24) is 4.98 Å². The van der Waals surface area contributed by atoms with Crippen LogP contribution in [0.25, 0.3) is 21.8 Å². The van der Waals surface area contributed by atoms with Crippen LogP contribution in [-0.2, 0) is 11.3 Å². The zero-order valence-corrected chi connectivity index (χ0v) is 12.7. The first-order valence-electron chi connectivity index (χ1n) is 7.30. The van der Waals surface area contributed by atoms with Crippen LogP contribution in [-0.4, -0.2) is 18.1 Å². The number of hydrogen-bond donors (Lipinski definition) is 1. The maximum absolute atomic E-state index is 5.81. The average Bonchev–Trinajstić information content (AvgIpc) is 2.50. The normalized spacial score (nSPS) is 11.4. The molecule has 108 valence electrons. The fraction of sp³-hybridized carbons (Fsp3) is 0.278. The summed E-state index contributed by atoms with van der Waals surface area (Å²) < 4.78 is 5.81. The van der Waals surface area contributed by atoms with Crippen LogP contribution in [0.1, 0.15) is 19.4 Å². The lowest BCUT2D eigenvalue weighted by molar-refractivity contribution is 0.0666. The first kappa shape index (κ1) is 13.8. The van der Waals surface area contributed by atoms with Crippen molar-refractivity contribution in [3.05, 3.63) is 48.0 Å². The summed E-state index contributed by atoms with van der Waals surface area (Å²) in [7, 11) is 1.93. The minimum Gasteiger partial charge on any atom is -0.388 e. The van der Waals surface area contributed by atoms with Crippen molar-refractivity contribution < 1.29 is 4.74 Å². The van der Waals surface area contributed by atoms with E-state index >= 15 is 0 Å². The first-order chi connectivity index (χ1) is 10.2. The second-order valence-electron chi connectivity index (χ2n) is 5.45. The van der Waals surface area contributed by atoms with Crippen LogP contribution in [0.15, 0.2) is 42.5 Å². The molecule has 3 heteroatoms. The molecule has 0 atom stereocenters. The van der Waals surface area contributed by atoms with Gasteiger partial charge in [0.25, 0.3) is 0 Å². The van der Waals surface area contributed by atoms with Gasteiger partial charge in [0.15, 0.2) is 0 Å². The molecule has 3 aromatic rings. The molecule has 1 N–H and O–H groups in total. The minimum absolute atomic E-state index is 0.199. The third-order valence-corrected chi connectivity index (χ3v) is 3.62. The van der Waals surface area contributed by atoms with Crippen LogP contribution < -0.4 is 5.32 Å². The van der Waals surface area contributed by atoms with Gasteiger partial charge in [-0.1, -0.05) is 24.3 Å². The lowest BCUT2D eigenvalue weighted by Gasteiger charge is -2.14. The second-order valence-corrected chi connectivity index (χ2v) is 5.45. The molecule has 1 aromatic heterocycles. The molecule has 0 bridgehead atoms. The van der Waals surface area contributed by atoms with E-state index in [1.165, 1.54) is 0 Å². The van der Waals surface area contributed by atoms with E-state index in [4.69, 9.17) is 9.72 Å². The van der Waals surface area contributed by atoms with E-state index in [1.54, 1.807) is 0 Å². The number of anilines is 1. The molecule has 0 aliphatic heterocycles. The van der Waals surface area contributed by atoms with E-state index < -0.39 is 0 Å². The lowest BCUT2D eigenvalue weighted by atomic mass is 10.1. The number of nitrogens with zero attached hydrogens (tertiary/aromatic N) is 1. The Balaban J connectivity index is 2.22. The molecule has 0 aliphatic rings. The van der Waals surface area contributed by atoms with Gasteiger partial charge in [-0.2, -0.15) is 0 Å². The van der Waals surface area contributed by atoms with Crippen molar-refractivity contribution in [2.45, 2.75) is 26.6 Å². The Bertz CT molecular complexity index is 781. The van der Waals surface area contributed by atoms with Gasteiger partial charge in [0, 0.05) is 29.1 Å². The highest BCUT2D eigenvalue weighted by Gasteiger charge is 2.10. The average molecular weight is 280 g/mol. The summed E-state index contributed by atoms with van der Waals surface area (Å²) in [5.41, 5.74) is 4.23. The molecule has 2 aromatic carbocycles. The van der Waals surface area contributed by atoms with Crippen molar-refractivity contribution in [3.8, 4) is 0 Å². The fourth-order valence-electron chi connectivity index (χ4n) is 2.53. The Morgan fingerprint density at radius 1 is 1.10 bits per heavy atom. The summed E-state index contributed by atoms with van der Waals surface area (Å²) in [6.07, 6.45) is 0.199. The van der Waals surface area contributed by atoms with E-state index in [0.29, 0.717) is 6.61 Å². The third-order valence-electron chi connectivity index (χ3n) is 3.62. The molecule has 21 heavy (non-hydrogen) atoms. The predicted molar refractivity (Wildman–Crippen MR) is 88.7 cm³/mol. The number of para-hydroxylation sites is 1. The molecule has 0 radical (unpaired) electrons. The standard InChI is InChI=1S/C18H20N2O/c1-12(2)21-11-15-17(19-3)9-8-14-10-13-6-4-5-7-16(13)20-18(14)15/h4-10,12,19H,11H2,1-3H3. The highest BCUT2D eigenvalue weighted by atomic mass is 16.5. The zero-order chi connectivity index (χ0) is 14.8. The van der Waals surface area contributed by atoms with Crippen molar-refractivity contribution in [3.63, 3.8) is 0 Å². The quantitative estimate of drug-likeness (QED) is 0.721. The molecule has 0 saturated carbocycles. The highest BCUT2D eigenvalue weighted by molar-refractivity contribution is 5.96. The smallest absolute Gasteiger partial charge is 0.0785 e. The molecular formula is C18H20N2O. The van der Waals surface area contributed by atoms with Gasteiger partial charge in [-0.3, -0.25) is 0 Å². The predicted octanol–water partition coefficient (Wildman–Crippen LogP) is 4.35. The van der Waals surface area contributed by atoms with Crippen LogP contribution in [0.2, 0.25) is 0 Å². The molecule has 0 saturated heterocycles. The molecule has 1 heterocycles. The Morgan fingerprint density at radius 3 is 2.67 bits per heavy atom. The van der Waals surface area contributed by atoms with Crippen LogP contribution in [0.5, 0.6) is 0 Å². The van der Waals surface area contributed by atoms with E-state index in [0.717, 1.165) is 33.1 Å². The van der Waals surface area contributed by atoms with Gasteiger partial charge in [0.2, 0.25) is 0 Å². The van der Waals surface area contributed by atoms with Crippen LogP contribution >= 0.6 is 0 Å². The van der Waals surface area contributed by atoms with E-state index in [9.17, 15) is 0 Å². The van der Waals surface area contributed by atoms with Gasteiger partial charge in [-0.15, -0.1) is 0 Å². The van der Waals surface area contributed by atoms with Gasteiger partial charge < -0.3 is 10.1 Å². The van der Waals surface area contributed by atoms with Gasteiger partial charge >= 0.3 is 0 Å². The number of hydrogen-bond acceptors (Lipinski definition) is 3. The molecule has 0 amide bonds. The number of benzene rings is 2. The van der Waals surface area contributed by atoms with Gasteiger partial charge in [0.05, 0.1) is 23.7 Å². The van der Waals surface area contributed by atoms with E-state index in [1.807, 2.05) is 39.1 Å². The zero-order valence-electron chi connectivity index (χ0n) is 12.7. The lowest BCUT2D eigenvalue weighted by Crippen LogP contribution is -2.06. The molecule has 0 aliphatic carbocycles. The second kappa shape index (κ2) is 5.70. The Morgan fingerprint density at radius 2 is 1.90 bits per heavy atom. The number of fused-ring (bicyclic) bond motifs is 2. The monoisotopic (exact) mass is 280 g/mol.